The summed E-state index contributed by atoms with van der Waals surface area (Å²) in [7, 11) is 1.66. The van der Waals surface area contributed by atoms with E-state index in [-0.39, 0.29) is 0 Å². The molecule has 0 heterocycles. The smallest absolute Gasteiger partial charge is 0.119 e. The Hall–Kier alpha value is -2.29. The number of nitrogens with one attached hydrogen (secondary N) is 1. The molecular formula is C20H28N2O. The lowest BCUT2D eigenvalue weighted by Crippen LogP contribution is -2.03. The topological polar surface area (TPSA) is 33.6 Å². The molecule has 0 radical (unpaired) electrons. The van der Waals surface area contributed by atoms with Crippen molar-refractivity contribution in [3.05, 3.63) is 59.7 Å². The normalized spacial score (nSPS) is 10.6. The molecule has 2 aromatic carbocycles. The minimum absolute atomic E-state index is 0.840. The van der Waals surface area contributed by atoms with Crippen molar-refractivity contribution in [2.75, 3.05) is 12.5 Å². The molecule has 0 fully saturated rings. The number of ether oxygens (including phenoxy) is 1. The van der Waals surface area contributed by atoms with E-state index in [1.54, 1.807) is 7.11 Å². The molecule has 124 valence electrons. The van der Waals surface area contributed by atoms with Gasteiger partial charge in [-0.1, -0.05) is 51.5 Å². The average molecular weight is 312 g/mol. The third kappa shape index (κ3) is 6.15. The fourth-order valence-corrected chi connectivity index (χ4v) is 2.06. The van der Waals surface area contributed by atoms with E-state index in [1.165, 1.54) is 17.5 Å². The largest absolute Gasteiger partial charge is 0.497 e. The van der Waals surface area contributed by atoms with Crippen LogP contribution >= 0.6 is 0 Å². The van der Waals surface area contributed by atoms with Crippen molar-refractivity contribution in [2.24, 2.45) is 5.10 Å². The highest BCUT2D eigenvalue weighted by molar-refractivity contribution is 6.00. The monoisotopic (exact) mass is 312 g/mol. The highest BCUT2D eigenvalue weighted by Gasteiger charge is 2.02. The zero-order chi connectivity index (χ0) is 17.1. The Morgan fingerprint density at radius 2 is 1.61 bits per heavy atom. The van der Waals surface area contributed by atoms with Crippen LogP contribution in [0.4, 0.5) is 5.69 Å². The maximum Gasteiger partial charge on any atom is 0.119 e. The standard InChI is InChI=1S/C17H20N2O.C3H8/c1-4-14-7-5-6-8-17(14)13(2)18-19-15-9-11-16(20-3)12-10-15;1-3-2/h5-12,19H,4H2,1-3H3;3H2,1-2H3/b18-13+;. The van der Waals surface area contributed by atoms with Crippen molar-refractivity contribution in [1.29, 1.82) is 0 Å². The van der Waals surface area contributed by atoms with E-state index in [9.17, 15) is 0 Å². The second-order valence-corrected chi connectivity index (χ2v) is 5.26. The molecule has 0 amide bonds. The lowest BCUT2D eigenvalue weighted by atomic mass is 10.0. The number of anilines is 1. The van der Waals surface area contributed by atoms with Crippen molar-refractivity contribution < 1.29 is 4.74 Å². The minimum Gasteiger partial charge on any atom is -0.497 e. The third-order valence-electron chi connectivity index (χ3n) is 3.23. The van der Waals surface area contributed by atoms with Gasteiger partial charge >= 0.3 is 0 Å². The summed E-state index contributed by atoms with van der Waals surface area (Å²) in [5, 5.41) is 4.45. The van der Waals surface area contributed by atoms with Crippen molar-refractivity contribution >= 4 is 11.4 Å². The Labute approximate surface area is 140 Å². The number of rotatable bonds is 5. The molecule has 2 rings (SSSR count). The van der Waals surface area contributed by atoms with Crippen LogP contribution in [0.5, 0.6) is 5.75 Å². The summed E-state index contributed by atoms with van der Waals surface area (Å²) in [6.45, 7) is 8.42. The van der Waals surface area contributed by atoms with Gasteiger partial charge in [0.1, 0.15) is 5.75 Å². The molecule has 0 spiro atoms. The van der Waals surface area contributed by atoms with Gasteiger partial charge < -0.3 is 4.74 Å². The Balaban J connectivity index is 0.000000816. The fraction of sp³-hybridized carbons (Fsp3) is 0.350. The summed E-state index contributed by atoms with van der Waals surface area (Å²) in [4.78, 5) is 0. The molecule has 0 unspecified atom stereocenters. The lowest BCUT2D eigenvalue weighted by molar-refractivity contribution is 0.415. The molecule has 2 aromatic rings. The van der Waals surface area contributed by atoms with Gasteiger partial charge in [-0.3, -0.25) is 5.43 Å². The first-order valence-corrected chi connectivity index (χ1v) is 8.18. The van der Waals surface area contributed by atoms with Gasteiger partial charge in [0.25, 0.3) is 0 Å². The lowest BCUT2D eigenvalue weighted by Gasteiger charge is -2.08. The zero-order valence-electron chi connectivity index (χ0n) is 14.9. The molecule has 0 aromatic heterocycles. The molecule has 0 aliphatic carbocycles. The van der Waals surface area contributed by atoms with E-state index in [1.807, 2.05) is 37.3 Å². The first-order chi connectivity index (χ1) is 11.2. The fourth-order valence-electron chi connectivity index (χ4n) is 2.06. The summed E-state index contributed by atoms with van der Waals surface area (Å²) >= 11 is 0. The van der Waals surface area contributed by atoms with E-state index in [0.717, 1.165) is 23.6 Å². The van der Waals surface area contributed by atoms with Crippen LogP contribution < -0.4 is 10.2 Å². The Morgan fingerprint density at radius 1 is 1.00 bits per heavy atom. The van der Waals surface area contributed by atoms with Crippen LogP contribution in [-0.2, 0) is 6.42 Å². The Kier molecular flexibility index (Phi) is 8.51. The van der Waals surface area contributed by atoms with E-state index < -0.39 is 0 Å². The molecule has 0 saturated carbocycles. The molecule has 3 heteroatoms. The molecule has 0 bridgehead atoms. The molecular weight excluding hydrogens is 284 g/mol. The summed E-state index contributed by atoms with van der Waals surface area (Å²) in [6.07, 6.45) is 2.26. The number of aryl methyl sites for hydroxylation is 1. The first-order valence-electron chi connectivity index (χ1n) is 8.18. The molecule has 0 saturated heterocycles. The van der Waals surface area contributed by atoms with Gasteiger partial charge in [-0.25, -0.2) is 0 Å². The molecule has 1 N–H and O–H groups in total. The van der Waals surface area contributed by atoms with E-state index in [2.05, 4.69) is 49.5 Å². The molecule has 23 heavy (non-hydrogen) atoms. The van der Waals surface area contributed by atoms with E-state index in [4.69, 9.17) is 4.74 Å². The summed E-state index contributed by atoms with van der Waals surface area (Å²) in [6, 6.07) is 16.1. The predicted octanol–water partition coefficient (Wildman–Crippen LogP) is 5.51. The van der Waals surface area contributed by atoms with Crippen LogP contribution in [0.2, 0.25) is 0 Å². The zero-order valence-corrected chi connectivity index (χ0v) is 14.9. The number of hydrogen-bond donors (Lipinski definition) is 1. The number of hydrazone groups is 1. The van der Waals surface area contributed by atoms with Crippen LogP contribution in [0.25, 0.3) is 0 Å². The van der Waals surface area contributed by atoms with Crippen molar-refractivity contribution in [1.82, 2.24) is 0 Å². The molecule has 3 nitrogen and oxygen atoms in total. The summed E-state index contributed by atoms with van der Waals surface area (Å²) in [5.74, 6) is 0.840. The summed E-state index contributed by atoms with van der Waals surface area (Å²) < 4.78 is 5.13. The number of hydrogen-bond acceptors (Lipinski definition) is 3. The van der Waals surface area contributed by atoms with Crippen molar-refractivity contribution in [3.8, 4) is 5.75 Å². The van der Waals surface area contributed by atoms with Gasteiger partial charge in [0, 0.05) is 5.56 Å². The molecule has 0 aliphatic heterocycles. The van der Waals surface area contributed by atoms with Gasteiger partial charge in [0.2, 0.25) is 0 Å². The van der Waals surface area contributed by atoms with Gasteiger partial charge in [0.15, 0.2) is 0 Å². The van der Waals surface area contributed by atoms with Gasteiger partial charge in [-0.05, 0) is 43.2 Å². The molecule has 0 atom stereocenters. The van der Waals surface area contributed by atoms with Crippen LogP contribution in [0.1, 0.15) is 45.2 Å². The van der Waals surface area contributed by atoms with Gasteiger partial charge in [-0.2, -0.15) is 5.10 Å². The highest BCUT2D eigenvalue weighted by atomic mass is 16.5. The van der Waals surface area contributed by atoms with Gasteiger partial charge in [-0.15, -0.1) is 0 Å². The van der Waals surface area contributed by atoms with Crippen LogP contribution in [0, 0.1) is 0 Å². The second kappa shape index (κ2) is 10.4. The molecule has 0 aliphatic rings. The van der Waals surface area contributed by atoms with E-state index >= 15 is 0 Å². The number of methoxy groups -OCH3 is 1. The van der Waals surface area contributed by atoms with Gasteiger partial charge in [0.05, 0.1) is 18.5 Å². The predicted molar refractivity (Wildman–Crippen MR) is 101 cm³/mol. The maximum absolute atomic E-state index is 5.13. The minimum atomic E-state index is 0.840. The highest BCUT2D eigenvalue weighted by Crippen LogP contribution is 2.16. The third-order valence-corrected chi connectivity index (χ3v) is 3.23. The SMILES string of the molecule is CCC.CCc1ccccc1/C(C)=N/Nc1ccc(OC)cc1. The Morgan fingerprint density at radius 3 is 2.17 bits per heavy atom. The quantitative estimate of drug-likeness (QED) is 0.583. The van der Waals surface area contributed by atoms with Crippen LogP contribution in [0.3, 0.4) is 0 Å². The second-order valence-electron chi connectivity index (χ2n) is 5.26. The maximum atomic E-state index is 5.13. The average Bonchev–Trinajstić information content (AvgIpc) is 2.60. The summed E-state index contributed by atoms with van der Waals surface area (Å²) in [5.41, 5.74) is 7.51. The van der Waals surface area contributed by atoms with Crippen molar-refractivity contribution in [3.63, 3.8) is 0 Å². The first kappa shape index (κ1) is 18.8. The number of benzene rings is 2. The van der Waals surface area contributed by atoms with E-state index in [0.29, 0.717) is 0 Å². The van der Waals surface area contributed by atoms with Crippen LogP contribution in [-0.4, -0.2) is 12.8 Å². The van der Waals surface area contributed by atoms with Crippen LogP contribution in [0.15, 0.2) is 53.6 Å². The Bertz CT molecular complexity index is 603. The van der Waals surface area contributed by atoms with Crippen molar-refractivity contribution in [2.45, 2.75) is 40.5 Å². The number of nitrogens with zero attached hydrogens (tertiary/aromatic N) is 1.